The molecule has 0 fully saturated rings. The summed E-state index contributed by atoms with van der Waals surface area (Å²) in [5, 5.41) is 2.10. The molecule has 0 aliphatic rings. The number of benzene rings is 2. The lowest BCUT2D eigenvalue weighted by molar-refractivity contribution is -0.137. The van der Waals surface area contributed by atoms with Crippen LogP contribution in [-0.2, 0) is 17.4 Å². The number of rotatable bonds is 6. The van der Waals surface area contributed by atoms with Gasteiger partial charge in [0.1, 0.15) is 11.6 Å². The van der Waals surface area contributed by atoms with Gasteiger partial charge in [0.25, 0.3) is 0 Å². The van der Waals surface area contributed by atoms with Crippen LogP contribution in [0.1, 0.15) is 11.1 Å². The molecule has 0 saturated heterocycles. The quantitative estimate of drug-likeness (QED) is 0.413. The number of amides is 1. The van der Waals surface area contributed by atoms with Gasteiger partial charge in [0.2, 0.25) is 11.8 Å². The standard InChI is InChI=1S/C21H15F6N3O2/c22-14-8-16(24)18(9-15(14)23)30-20(31)17(28)7-11-1-4-13(5-2-11)32-19-6-3-12(10-29-19)21(25,26)27/h1-6,8-10,17H,7,28H2,(H,30,31)/t17-/m0/s1. The summed E-state index contributed by atoms with van der Waals surface area (Å²) < 4.78 is 82.9. The van der Waals surface area contributed by atoms with Crippen LogP contribution in [0.2, 0.25) is 0 Å². The zero-order valence-corrected chi connectivity index (χ0v) is 16.1. The number of carbonyl (C=O) groups is 1. The van der Waals surface area contributed by atoms with Crippen LogP contribution in [-0.4, -0.2) is 16.9 Å². The number of anilines is 1. The van der Waals surface area contributed by atoms with Crippen molar-refractivity contribution in [2.75, 3.05) is 5.32 Å². The normalized spacial score (nSPS) is 12.3. The third-order valence-corrected chi connectivity index (χ3v) is 4.27. The number of alkyl halides is 3. The van der Waals surface area contributed by atoms with Crippen molar-refractivity contribution in [1.82, 2.24) is 4.98 Å². The number of nitrogens with one attached hydrogen (secondary N) is 1. The lowest BCUT2D eigenvalue weighted by Crippen LogP contribution is -2.37. The van der Waals surface area contributed by atoms with Crippen molar-refractivity contribution < 1.29 is 35.9 Å². The number of carbonyl (C=O) groups excluding carboxylic acids is 1. The van der Waals surface area contributed by atoms with E-state index in [-0.39, 0.29) is 18.1 Å². The van der Waals surface area contributed by atoms with Crippen molar-refractivity contribution in [3.63, 3.8) is 0 Å². The first kappa shape index (κ1) is 23.1. The minimum absolute atomic E-state index is 0.0237. The van der Waals surface area contributed by atoms with E-state index in [2.05, 4.69) is 10.3 Å². The van der Waals surface area contributed by atoms with E-state index in [4.69, 9.17) is 10.5 Å². The zero-order valence-electron chi connectivity index (χ0n) is 16.1. The van der Waals surface area contributed by atoms with Gasteiger partial charge in [0.15, 0.2) is 11.6 Å². The number of hydrogen-bond donors (Lipinski definition) is 2. The summed E-state index contributed by atoms with van der Waals surface area (Å²) in [6.45, 7) is 0. The third-order valence-electron chi connectivity index (χ3n) is 4.27. The molecule has 0 unspecified atom stereocenters. The lowest BCUT2D eigenvalue weighted by Gasteiger charge is -2.13. The highest BCUT2D eigenvalue weighted by atomic mass is 19.4. The summed E-state index contributed by atoms with van der Waals surface area (Å²) in [5.41, 5.74) is 4.93. The van der Waals surface area contributed by atoms with Crippen LogP contribution < -0.4 is 15.8 Å². The zero-order chi connectivity index (χ0) is 23.5. The van der Waals surface area contributed by atoms with E-state index >= 15 is 0 Å². The fraction of sp³-hybridized carbons (Fsp3) is 0.143. The molecule has 0 radical (unpaired) electrons. The molecule has 3 aromatic rings. The van der Waals surface area contributed by atoms with Crippen LogP contribution in [0.4, 0.5) is 32.0 Å². The molecular weight excluding hydrogens is 440 g/mol. The van der Waals surface area contributed by atoms with Crippen molar-refractivity contribution in [3.05, 3.63) is 83.3 Å². The maximum Gasteiger partial charge on any atom is 0.417 e. The van der Waals surface area contributed by atoms with Gasteiger partial charge in [0, 0.05) is 24.4 Å². The molecule has 1 atom stereocenters. The van der Waals surface area contributed by atoms with Crippen LogP contribution in [0, 0.1) is 17.5 Å². The van der Waals surface area contributed by atoms with E-state index in [1.54, 1.807) is 12.1 Å². The molecule has 3 rings (SSSR count). The molecule has 1 amide bonds. The maximum atomic E-state index is 13.6. The molecule has 0 aliphatic heterocycles. The van der Waals surface area contributed by atoms with Gasteiger partial charge in [-0.3, -0.25) is 4.79 Å². The van der Waals surface area contributed by atoms with E-state index in [1.165, 1.54) is 12.1 Å². The first-order valence-electron chi connectivity index (χ1n) is 9.04. The van der Waals surface area contributed by atoms with Gasteiger partial charge in [-0.15, -0.1) is 0 Å². The van der Waals surface area contributed by atoms with Crippen molar-refractivity contribution in [2.24, 2.45) is 5.73 Å². The van der Waals surface area contributed by atoms with Crippen molar-refractivity contribution in [1.29, 1.82) is 0 Å². The Morgan fingerprint density at radius 3 is 2.25 bits per heavy atom. The van der Waals surface area contributed by atoms with Gasteiger partial charge in [-0.05, 0) is 30.2 Å². The predicted octanol–water partition coefficient (Wildman–Crippen LogP) is 4.82. The Morgan fingerprint density at radius 1 is 1.00 bits per heavy atom. The number of hydrogen-bond acceptors (Lipinski definition) is 4. The highest BCUT2D eigenvalue weighted by Crippen LogP contribution is 2.30. The van der Waals surface area contributed by atoms with Crippen LogP contribution in [0.5, 0.6) is 11.6 Å². The number of halogens is 6. The smallest absolute Gasteiger partial charge is 0.417 e. The molecule has 2 aromatic carbocycles. The van der Waals surface area contributed by atoms with Crippen LogP contribution >= 0.6 is 0 Å². The molecule has 1 aromatic heterocycles. The summed E-state index contributed by atoms with van der Waals surface area (Å²) in [4.78, 5) is 15.7. The monoisotopic (exact) mass is 455 g/mol. The predicted molar refractivity (Wildman–Crippen MR) is 102 cm³/mol. The Bertz CT molecular complexity index is 1100. The van der Waals surface area contributed by atoms with Gasteiger partial charge in [-0.25, -0.2) is 18.2 Å². The summed E-state index contributed by atoms with van der Waals surface area (Å²) in [6.07, 6.45) is -3.83. The second-order valence-corrected chi connectivity index (χ2v) is 6.67. The van der Waals surface area contributed by atoms with Gasteiger partial charge in [0.05, 0.1) is 17.3 Å². The Hall–Kier alpha value is -3.60. The first-order chi connectivity index (χ1) is 15.0. The first-order valence-corrected chi connectivity index (χ1v) is 9.04. The Labute approximate surface area is 177 Å². The SMILES string of the molecule is N[C@@H](Cc1ccc(Oc2ccc(C(F)(F)F)cn2)cc1)C(=O)Nc1cc(F)c(F)cc1F. The van der Waals surface area contributed by atoms with Crippen LogP contribution in [0.3, 0.4) is 0 Å². The fourth-order valence-electron chi connectivity index (χ4n) is 2.61. The topological polar surface area (TPSA) is 77.2 Å². The third kappa shape index (κ3) is 5.76. The summed E-state index contributed by atoms with van der Waals surface area (Å²) >= 11 is 0. The molecule has 0 bridgehead atoms. The van der Waals surface area contributed by atoms with Gasteiger partial charge >= 0.3 is 6.18 Å². The van der Waals surface area contributed by atoms with E-state index in [0.717, 1.165) is 12.1 Å². The molecule has 1 heterocycles. The van der Waals surface area contributed by atoms with E-state index in [9.17, 15) is 31.1 Å². The molecule has 0 spiro atoms. The minimum atomic E-state index is -4.51. The minimum Gasteiger partial charge on any atom is -0.439 e. The Morgan fingerprint density at radius 2 is 1.66 bits per heavy atom. The highest BCUT2D eigenvalue weighted by molar-refractivity contribution is 5.95. The molecule has 32 heavy (non-hydrogen) atoms. The molecule has 5 nitrogen and oxygen atoms in total. The van der Waals surface area contributed by atoms with E-state index in [1.807, 2.05) is 0 Å². The number of nitrogens with zero attached hydrogens (tertiary/aromatic N) is 1. The number of aromatic nitrogens is 1. The Balaban J connectivity index is 1.59. The van der Waals surface area contributed by atoms with Crippen LogP contribution in [0.15, 0.2) is 54.7 Å². The van der Waals surface area contributed by atoms with Crippen molar-refractivity contribution in [3.8, 4) is 11.6 Å². The van der Waals surface area contributed by atoms with E-state index < -0.39 is 46.8 Å². The number of pyridine rings is 1. The maximum absolute atomic E-state index is 13.6. The molecule has 11 heteroatoms. The van der Waals surface area contributed by atoms with Crippen LogP contribution in [0.25, 0.3) is 0 Å². The highest BCUT2D eigenvalue weighted by Gasteiger charge is 2.30. The molecule has 168 valence electrons. The molecule has 3 N–H and O–H groups in total. The molecule has 0 aliphatic carbocycles. The average molecular weight is 455 g/mol. The van der Waals surface area contributed by atoms with E-state index in [0.29, 0.717) is 23.9 Å². The average Bonchev–Trinajstić information content (AvgIpc) is 2.73. The van der Waals surface area contributed by atoms with Gasteiger partial charge in [-0.1, -0.05) is 12.1 Å². The van der Waals surface area contributed by atoms with Crippen molar-refractivity contribution in [2.45, 2.75) is 18.6 Å². The summed E-state index contributed by atoms with van der Waals surface area (Å²) in [7, 11) is 0. The summed E-state index contributed by atoms with van der Waals surface area (Å²) in [5.74, 6) is -4.45. The van der Waals surface area contributed by atoms with Gasteiger partial charge in [-0.2, -0.15) is 13.2 Å². The lowest BCUT2D eigenvalue weighted by atomic mass is 10.1. The van der Waals surface area contributed by atoms with Crippen molar-refractivity contribution >= 4 is 11.6 Å². The second kappa shape index (κ2) is 9.27. The summed E-state index contributed by atoms with van der Waals surface area (Å²) in [6, 6.07) is 7.71. The molecular formula is C21H15F6N3O2. The van der Waals surface area contributed by atoms with Gasteiger partial charge < -0.3 is 15.8 Å². The largest absolute Gasteiger partial charge is 0.439 e. The Kier molecular flexibility index (Phi) is 6.68. The number of nitrogens with two attached hydrogens (primary N) is 1. The number of ether oxygens (including phenoxy) is 1. The fourth-order valence-corrected chi connectivity index (χ4v) is 2.61. The second-order valence-electron chi connectivity index (χ2n) is 6.67. The molecule has 0 saturated carbocycles.